The highest BCUT2D eigenvalue weighted by Crippen LogP contribution is 2.27. The summed E-state index contributed by atoms with van der Waals surface area (Å²) in [5.41, 5.74) is 2.04. The van der Waals surface area contributed by atoms with Crippen LogP contribution >= 0.6 is 11.3 Å². The number of carbonyl (C=O) groups excluding carboxylic acids is 3. The molecule has 166 valence electrons. The third-order valence-corrected chi connectivity index (χ3v) is 6.07. The lowest BCUT2D eigenvalue weighted by Gasteiger charge is -2.07. The van der Waals surface area contributed by atoms with E-state index >= 15 is 0 Å². The van der Waals surface area contributed by atoms with Crippen LogP contribution in [0.4, 0.5) is 0 Å². The second kappa shape index (κ2) is 9.62. The molecule has 0 aliphatic rings. The van der Waals surface area contributed by atoms with Gasteiger partial charge >= 0.3 is 5.97 Å². The van der Waals surface area contributed by atoms with Gasteiger partial charge in [-0.25, -0.2) is 0 Å². The summed E-state index contributed by atoms with van der Waals surface area (Å²) in [4.78, 5) is 42.1. The van der Waals surface area contributed by atoms with Gasteiger partial charge in [0.25, 0.3) is 5.91 Å². The molecule has 0 aliphatic heterocycles. The van der Waals surface area contributed by atoms with Crippen LogP contribution in [0.15, 0.2) is 77.8 Å². The van der Waals surface area contributed by atoms with Crippen molar-refractivity contribution < 1.29 is 23.9 Å². The van der Waals surface area contributed by atoms with E-state index in [-0.39, 0.29) is 12.3 Å². The quantitative estimate of drug-likeness (QED) is 0.322. The highest BCUT2D eigenvalue weighted by molar-refractivity contribution is 7.16. The Morgan fingerprint density at radius 1 is 0.848 bits per heavy atom. The minimum absolute atomic E-state index is 0.118. The van der Waals surface area contributed by atoms with Crippen molar-refractivity contribution in [3.8, 4) is 5.75 Å². The molecule has 0 fully saturated rings. The number of thiazole rings is 1. The molecule has 0 unspecified atom stereocenters. The predicted molar refractivity (Wildman–Crippen MR) is 125 cm³/mol. The Balaban J connectivity index is 1.71. The summed E-state index contributed by atoms with van der Waals surface area (Å²) in [6.07, 6.45) is 0. The first kappa shape index (κ1) is 22.2. The number of aromatic nitrogens is 1. The van der Waals surface area contributed by atoms with Gasteiger partial charge in [-0.15, -0.1) is 0 Å². The summed E-state index contributed by atoms with van der Waals surface area (Å²) in [5.74, 6) is -0.527. The minimum atomic E-state index is -0.488. The zero-order chi connectivity index (χ0) is 23.4. The third-order valence-electron chi connectivity index (χ3n) is 5.03. The molecule has 0 saturated carbocycles. The van der Waals surface area contributed by atoms with Gasteiger partial charge in [-0.3, -0.25) is 14.4 Å². The van der Waals surface area contributed by atoms with Crippen LogP contribution in [0.2, 0.25) is 0 Å². The molecule has 33 heavy (non-hydrogen) atoms. The van der Waals surface area contributed by atoms with Gasteiger partial charge in [0.05, 0.1) is 18.9 Å². The van der Waals surface area contributed by atoms with Crippen molar-refractivity contribution >= 4 is 39.2 Å². The predicted octanol–water partition coefficient (Wildman–Crippen LogP) is 3.86. The first-order valence-corrected chi connectivity index (χ1v) is 10.9. The number of hydrogen-bond donors (Lipinski definition) is 0. The third kappa shape index (κ3) is 4.61. The van der Waals surface area contributed by atoms with E-state index < -0.39 is 11.9 Å². The molecule has 4 aromatic rings. The summed E-state index contributed by atoms with van der Waals surface area (Å²) in [7, 11) is 2.84. The SMILES string of the molecule is COC(=O)Cn1c(=NC(=O)c2ccc(C(=O)c3ccccc3)cc2)sc2cccc(OC)c21. The fourth-order valence-electron chi connectivity index (χ4n) is 3.36. The van der Waals surface area contributed by atoms with Crippen molar-refractivity contribution in [3.63, 3.8) is 0 Å². The fourth-order valence-corrected chi connectivity index (χ4v) is 4.41. The maximum absolute atomic E-state index is 12.9. The van der Waals surface area contributed by atoms with Gasteiger partial charge in [-0.1, -0.05) is 59.9 Å². The Morgan fingerprint density at radius 2 is 1.52 bits per heavy atom. The number of amides is 1. The molecular formula is C25H20N2O5S. The number of fused-ring (bicyclic) bond motifs is 1. The van der Waals surface area contributed by atoms with E-state index in [2.05, 4.69) is 4.99 Å². The van der Waals surface area contributed by atoms with Gasteiger partial charge in [0.1, 0.15) is 17.8 Å². The molecule has 1 aromatic heterocycles. The molecule has 3 aromatic carbocycles. The van der Waals surface area contributed by atoms with Crippen molar-refractivity contribution in [2.24, 2.45) is 4.99 Å². The van der Waals surface area contributed by atoms with Crippen molar-refractivity contribution in [3.05, 3.63) is 94.3 Å². The number of ether oxygens (including phenoxy) is 2. The molecule has 8 heteroatoms. The molecular weight excluding hydrogens is 440 g/mol. The highest BCUT2D eigenvalue weighted by atomic mass is 32.1. The van der Waals surface area contributed by atoms with Gasteiger partial charge < -0.3 is 14.0 Å². The van der Waals surface area contributed by atoms with Crippen LogP contribution in [0.5, 0.6) is 5.75 Å². The van der Waals surface area contributed by atoms with Crippen LogP contribution in [0.25, 0.3) is 10.2 Å². The van der Waals surface area contributed by atoms with Gasteiger partial charge in [-0.05, 0) is 24.3 Å². The Morgan fingerprint density at radius 3 is 2.18 bits per heavy atom. The standard InChI is InChI=1S/C25H20N2O5S/c1-31-19-9-6-10-20-22(19)27(15-21(28)32-2)25(33-20)26-24(30)18-13-11-17(12-14-18)23(29)16-7-4-3-5-8-16/h3-14H,15H2,1-2H3. The van der Waals surface area contributed by atoms with E-state index in [1.807, 2.05) is 18.2 Å². The number of esters is 1. The molecule has 1 heterocycles. The minimum Gasteiger partial charge on any atom is -0.495 e. The number of benzene rings is 3. The van der Waals surface area contributed by atoms with E-state index in [0.717, 1.165) is 4.70 Å². The van der Waals surface area contributed by atoms with Crippen LogP contribution < -0.4 is 9.54 Å². The normalized spacial score (nSPS) is 11.4. The van der Waals surface area contributed by atoms with E-state index in [1.165, 1.54) is 25.6 Å². The second-order valence-electron chi connectivity index (χ2n) is 7.04. The van der Waals surface area contributed by atoms with E-state index in [0.29, 0.717) is 32.8 Å². The average Bonchev–Trinajstić information content (AvgIpc) is 3.20. The Bertz CT molecular complexity index is 1400. The maximum Gasteiger partial charge on any atom is 0.325 e. The Hall–Kier alpha value is -4.04. The lowest BCUT2D eigenvalue weighted by Crippen LogP contribution is -2.22. The summed E-state index contributed by atoms with van der Waals surface area (Å²) in [5, 5.41) is 0. The Kier molecular flexibility index (Phi) is 6.46. The topological polar surface area (TPSA) is 87.0 Å². The molecule has 0 aliphatic carbocycles. The number of hydrogen-bond acceptors (Lipinski definition) is 6. The number of nitrogens with zero attached hydrogens (tertiary/aromatic N) is 2. The molecule has 0 bridgehead atoms. The molecule has 0 radical (unpaired) electrons. The zero-order valence-electron chi connectivity index (χ0n) is 18.0. The van der Waals surface area contributed by atoms with Crippen molar-refractivity contribution in [1.82, 2.24) is 4.57 Å². The van der Waals surface area contributed by atoms with Crippen LogP contribution in [0.1, 0.15) is 26.3 Å². The van der Waals surface area contributed by atoms with Crippen LogP contribution in [0, 0.1) is 0 Å². The largest absolute Gasteiger partial charge is 0.495 e. The van der Waals surface area contributed by atoms with Gasteiger partial charge in [0.2, 0.25) is 0 Å². The fraction of sp³-hybridized carbons (Fsp3) is 0.120. The van der Waals surface area contributed by atoms with Crippen molar-refractivity contribution in [2.45, 2.75) is 6.54 Å². The molecule has 0 spiro atoms. The van der Waals surface area contributed by atoms with E-state index in [1.54, 1.807) is 59.2 Å². The second-order valence-corrected chi connectivity index (χ2v) is 8.05. The van der Waals surface area contributed by atoms with E-state index in [4.69, 9.17) is 9.47 Å². The summed E-state index contributed by atoms with van der Waals surface area (Å²) >= 11 is 1.27. The monoisotopic (exact) mass is 460 g/mol. The number of ketones is 1. The summed E-state index contributed by atoms with van der Waals surface area (Å²) < 4.78 is 12.7. The van der Waals surface area contributed by atoms with Gasteiger partial charge in [0.15, 0.2) is 10.6 Å². The Labute approximate surface area is 193 Å². The lowest BCUT2D eigenvalue weighted by atomic mass is 10.0. The zero-order valence-corrected chi connectivity index (χ0v) is 18.8. The summed E-state index contributed by atoms with van der Waals surface area (Å²) in [6.45, 7) is -0.118. The molecule has 1 amide bonds. The summed E-state index contributed by atoms with van der Waals surface area (Å²) in [6, 6.07) is 20.7. The highest BCUT2D eigenvalue weighted by Gasteiger charge is 2.16. The number of carbonyl (C=O) groups is 3. The van der Waals surface area contributed by atoms with E-state index in [9.17, 15) is 14.4 Å². The molecule has 7 nitrogen and oxygen atoms in total. The van der Waals surface area contributed by atoms with Crippen molar-refractivity contribution in [2.75, 3.05) is 14.2 Å². The van der Waals surface area contributed by atoms with Crippen LogP contribution in [-0.4, -0.2) is 36.4 Å². The molecule has 0 atom stereocenters. The lowest BCUT2D eigenvalue weighted by molar-refractivity contribution is -0.141. The van der Waals surface area contributed by atoms with Crippen LogP contribution in [0.3, 0.4) is 0 Å². The van der Waals surface area contributed by atoms with Crippen molar-refractivity contribution in [1.29, 1.82) is 0 Å². The molecule has 0 N–H and O–H groups in total. The number of methoxy groups -OCH3 is 2. The molecule has 0 saturated heterocycles. The number of para-hydroxylation sites is 1. The smallest absolute Gasteiger partial charge is 0.325 e. The average molecular weight is 461 g/mol. The first-order chi connectivity index (χ1) is 16.0. The van der Waals surface area contributed by atoms with Gasteiger partial charge in [-0.2, -0.15) is 4.99 Å². The maximum atomic E-state index is 12.9. The number of rotatable bonds is 6. The van der Waals surface area contributed by atoms with Crippen LogP contribution in [-0.2, 0) is 16.1 Å². The molecule has 4 rings (SSSR count). The first-order valence-electron chi connectivity index (χ1n) is 10.0. The van der Waals surface area contributed by atoms with Gasteiger partial charge in [0, 0.05) is 16.7 Å².